The number of halogens is 1. The zero-order valence-electron chi connectivity index (χ0n) is 18.1. The van der Waals surface area contributed by atoms with Crippen LogP contribution < -0.4 is 10.2 Å². The molecule has 2 aromatic rings. The number of hydrogen-bond donors (Lipinski definition) is 3. The van der Waals surface area contributed by atoms with E-state index in [-0.39, 0.29) is 5.91 Å². The Hall–Kier alpha value is -2.46. The summed E-state index contributed by atoms with van der Waals surface area (Å²) in [5.74, 6) is -1.83. The number of nitrogens with zero attached hydrogens (tertiary/aromatic N) is 1. The van der Waals surface area contributed by atoms with Gasteiger partial charge in [-0.25, -0.2) is 18.6 Å². The van der Waals surface area contributed by atoms with E-state index in [1.165, 1.54) is 0 Å². The normalized spacial score (nSPS) is 25.4. The Labute approximate surface area is 197 Å². The molecule has 4 rings (SSSR count). The van der Waals surface area contributed by atoms with Gasteiger partial charge in [0.2, 0.25) is 10.0 Å². The highest BCUT2D eigenvalue weighted by atomic mass is 35.5. The van der Waals surface area contributed by atoms with Crippen LogP contribution in [0.5, 0.6) is 0 Å². The van der Waals surface area contributed by atoms with E-state index in [9.17, 15) is 23.2 Å². The molecule has 2 aromatic carbocycles. The van der Waals surface area contributed by atoms with Crippen LogP contribution >= 0.6 is 11.6 Å². The van der Waals surface area contributed by atoms with E-state index in [1.54, 1.807) is 58.9 Å². The van der Waals surface area contributed by atoms with Crippen LogP contribution in [0.25, 0.3) is 0 Å². The van der Waals surface area contributed by atoms with Crippen LogP contribution in [0.3, 0.4) is 0 Å². The van der Waals surface area contributed by atoms with Gasteiger partial charge in [0.05, 0.1) is 18.2 Å². The lowest BCUT2D eigenvalue weighted by Gasteiger charge is -2.49. The highest BCUT2D eigenvalue weighted by Crippen LogP contribution is 2.46. The first-order valence-corrected chi connectivity index (χ1v) is 13.1. The number of benzene rings is 2. The van der Waals surface area contributed by atoms with Crippen molar-refractivity contribution in [1.29, 1.82) is 0 Å². The molecule has 2 amide bonds. The van der Waals surface area contributed by atoms with Crippen LogP contribution in [-0.2, 0) is 14.8 Å². The average molecular weight is 492 g/mol. The number of rotatable bonds is 5. The smallest absolute Gasteiger partial charge is 0.255 e. The molecule has 1 heterocycles. The summed E-state index contributed by atoms with van der Waals surface area (Å²) < 4.78 is 26.9. The van der Waals surface area contributed by atoms with Crippen LogP contribution in [0.15, 0.2) is 48.5 Å². The molecule has 10 heteroatoms. The lowest BCUT2D eigenvalue weighted by atomic mass is 9.76. The molecule has 2 aliphatic rings. The Kier molecular flexibility index (Phi) is 6.76. The average Bonchev–Trinajstić information content (AvgIpc) is 2.79. The molecule has 0 radical (unpaired) electrons. The SMILES string of the molecule is CS(=O)(=O)N[C@H]1CCCCC1N1C(=O)c2ccccc2[C@@H](C(=O)NO)[C@@H]1c1ccc(Cl)cc1. The van der Waals surface area contributed by atoms with Gasteiger partial charge in [-0.2, -0.15) is 0 Å². The number of carbonyl (C=O) groups excluding carboxylic acids is 2. The first-order chi connectivity index (χ1) is 15.7. The van der Waals surface area contributed by atoms with Crippen LogP contribution in [0, 0.1) is 0 Å². The second-order valence-corrected chi connectivity index (χ2v) is 10.8. The van der Waals surface area contributed by atoms with Gasteiger partial charge in [-0.1, -0.05) is 54.8 Å². The summed E-state index contributed by atoms with van der Waals surface area (Å²) >= 11 is 6.09. The van der Waals surface area contributed by atoms with Crippen molar-refractivity contribution in [2.75, 3.05) is 6.26 Å². The monoisotopic (exact) mass is 491 g/mol. The van der Waals surface area contributed by atoms with Crippen LogP contribution in [0.4, 0.5) is 0 Å². The lowest BCUT2D eigenvalue weighted by molar-refractivity contribution is -0.133. The van der Waals surface area contributed by atoms with E-state index in [4.69, 9.17) is 11.6 Å². The lowest BCUT2D eigenvalue weighted by Crippen LogP contribution is -2.59. The molecule has 8 nitrogen and oxygen atoms in total. The fourth-order valence-corrected chi connectivity index (χ4v) is 6.09. The highest BCUT2D eigenvalue weighted by Gasteiger charge is 2.48. The number of carbonyl (C=O) groups is 2. The molecule has 0 saturated heterocycles. The van der Waals surface area contributed by atoms with Crippen molar-refractivity contribution in [2.45, 2.75) is 49.7 Å². The maximum Gasteiger partial charge on any atom is 0.255 e. The number of hydrogen-bond acceptors (Lipinski definition) is 5. The molecule has 0 aromatic heterocycles. The van der Waals surface area contributed by atoms with Gasteiger partial charge in [-0.05, 0) is 42.2 Å². The molecular formula is C23H26ClN3O5S. The second kappa shape index (κ2) is 9.42. The molecular weight excluding hydrogens is 466 g/mol. The molecule has 3 N–H and O–H groups in total. The van der Waals surface area contributed by atoms with Gasteiger partial charge in [-0.3, -0.25) is 14.8 Å². The molecule has 1 fully saturated rings. The second-order valence-electron chi connectivity index (χ2n) is 8.60. The summed E-state index contributed by atoms with van der Waals surface area (Å²) in [6, 6.07) is 12.0. The highest BCUT2D eigenvalue weighted by molar-refractivity contribution is 7.88. The summed E-state index contributed by atoms with van der Waals surface area (Å²) in [7, 11) is -3.52. The summed E-state index contributed by atoms with van der Waals surface area (Å²) in [5.41, 5.74) is 3.30. The van der Waals surface area contributed by atoms with Crippen molar-refractivity contribution >= 4 is 33.4 Å². The number of hydroxylamine groups is 1. The van der Waals surface area contributed by atoms with Gasteiger partial charge in [-0.15, -0.1) is 0 Å². The van der Waals surface area contributed by atoms with Crippen LogP contribution in [0.2, 0.25) is 5.02 Å². The van der Waals surface area contributed by atoms with E-state index in [1.807, 2.05) is 0 Å². The quantitative estimate of drug-likeness (QED) is 0.439. The Morgan fingerprint density at radius 2 is 1.76 bits per heavy atom. The molecule has 33 heavy (non-hydrogen) atoms. The molecule has 1 aliphatic carbocycles. The molecule has 0 bridgehead atoms. The molecule has 176 valence electrons. The van der Waals surface area contributed by atoms with Gasteiger partial charge in [0, 0.05) is 22.7 Å². The van der Waals surface area contributed by atoms with E-state index < -0.39 is 40.0 Å². The number of nitrogens with one attached hydrogen (secondary N) is 2. The van der Waals surface area contributed by atoms with Crippen molar-refractivity contribution in [3.05, 3.63) is 70.2 Å². The van der Waals surface area contributed by atoms with Gasteiger partial charge in [0.15, 0.2) is 0 Å². The zero-order chi connectivity index (χ0) is 23.8. The number of fused-ring (bicyclic) bond motifs is 1. The molecule has 1 unspecified atom stereocenters. The predicted molar refractivity (Wildman–Crippen MR) is 123 cm³/mol. The fraction of sp³-hybridized carbons (Fsp3) is 0.391. The van der Waals surface area contributed by atoms with Crippen molar-refractivity contribution < 1.29 is 23.2 Å². The van der Waals surface area contributed by atoms with E-state index >= 15 is 0 Å². The summed E-state index contributed by atoms with van der Waals surface area (Å²) in [6.45, 7) is 0. The first kappa shape index (κ1) is 23.7. The third-order valence-corrected chi connectivity index (χ3v) is 7.42. The third kappa shape index (κ3) is 4.77. The van der Waals surface area contributed by atoms with E-state index in [0.717, 1.165) is 19.1 Å². The van der Waals surface area contributed by atoms with Crippen molar-refractivity contribution in [3.63, 3.8) is 0 Å². The minimum Gasteiger partial charge on any atom is -0.326 e. The third-order valence-electron chi connectivity index (χ3n) is 6.43. The molecule has 4 atom stereocenters. The topological polar surface area (TPSA) is 116 Å². The van der Waals surface area contributed by atoms with E-state index in [2.05, 4.69) is 4.72 Å². The maximum absolute atomic E-state index is 13.9. The molecule has 0 spiro atoms. The maximum atomic E-state index is 13.9. The Balaban J connectivity index is 1.91. The standard InChI is InChI=1S/C23H26ClN3O5S/c1-33(31,32)26-18-8-4-5-9-19(18)27-21(14-10-12-15(24)13-11-14)20(22(28)25-30)16-6-2-3-7-17(16)23(27)29/h2-3,6-7,10-13,18-21,26,30H,4-5,8-9H2,1H3,(H,25,28)/t18-,19?,20+,21-/m0/s1. The van der Waals surface area contributed by atoms with Gasteiger partial charge in [0.25, 0.3) is 11.8 Å². The first-order valence-electron chi connectivity index (χ1n) is 10.8. The van der Waals surface area contributed by atoms with Gasteiger partial charge >= 0.3 is 0 Å². The zero-order valence-corrected chi connectivity index (χ0v) is 19.6. The van der Waals surface area contributed by atoms with Crippen LogP contribution in [0.1, 0.15) is 59.1 Å². The van der Waals surface area contributed by atoms with Gasteiger partial charge in [0.1, 0.15) is 0 Å². The van der Waals surface area contributed by atoms with E-state index in [0.29, 0.717) is 34.6 Å². The fourth-order valence-electron chi connectivity index (χ4n) is 5.14. The number of amides is 2. The molecule has 1 aliphatic heterocycles. The largest absolute Gasteiger partial charge is 0.326 e. The summed E-state index contributed by atoms with van der Waals surface area (Å²) in [4.78, 5) is 28.5. The Morgan fingerprint density at radius 3 is 2.42 bits per heavy atom. The summed E-state index contributed by atoms with van der Waals surface area (Å²) in [5, 5.41) is 10.1. The van der Waals surface area contributed by atoms with Crippen molar-refractivity contribution in [1.82, 2.24) is 15.1 Å². The van der Waals surface area contributed by atoms with Gasteiger partial charge < -0.3 is 4.90 Å². The van der Waals surface area contributed by atoms with Crippen LogP contribution in [-0.4, -0.2) is 48.7 Å². The van der Waals surface area contributed by atoms with Crippen molar-refractivity contribution in [3.8, 4) is 0 Å². The Morgan fingerprint density at radius 1 is 1.09 bits per heavy atom. The minimum atomic E-state index is -3.52. The Bertz CT molecular complexity index is 1150. The molecule has 1 saturated carbocycles. The number of sulfonamides is 1. The minimum absolute atomic E-state index is 0.278. The predicted octanol–water partition coefficient (Wildman–Crippen LogP) is 2.99. The summed E-state index contributed by atoms with van der Waals surface area (Å²) in [6.07, 6.45) is 3.91. The van der Waals surface area contributed by atoms with Crippen molar-refractivity contribution in [2.24, 2.45) is 0 Å².